The highest BCUT2D eigenvalue weighted by Crippen LogP contribution is 2.37. The lowest BCUT2D eigenvalue weighted by Crippen LogP contribution is -2.33. The molecular weight excluding hydrogens is 408 g/mol. The van der Waals surface area contributed by atoms with E-state index in [1.54, 1.807) is 11.3 Å². The third kappa shape index (κ3) is 4.08. The second kappa shape index (κ2) is 8.28. The summed E-state index contributed by atoms with van der Waals surface area (Å²) < 4.78 is 11.0. The molecule has 164 valence electrons. The molecule has 0 bridgehead atoms. The molecule has 0 N–H and O–H groups in total. The van der Waals surface area contributed by atoms with E-state index in [1.807, 2.05) is 6.07 Å². The molecule has 0 unspecified atom stereocenters. The summed E-state index contributed by atoms with van der Waals surface area (Å²) in [6, 6.07) is 6.16. The van der Waals surface area contributed by atoms with Crippen LogP contribution in [0.5, 0.6) is 11.5 Å². The maximum absolute atomic E-state index is 5.56. The molecule has 6 nitrogen and oxygen atoms in total. The lowest BCUT2D eigenvalue weighted by molar-refractivity contribution is 0.174. The molecule has 1 aromatic carbocycles. The Kier molecular flexibility index (Phi) is 5.48. The van der Waals surface area contributed by atoms with Crippen LogP contribution in [0.4, 0.5) is 5.82 Å². The van der Waals surface area contributed by atoms with Gasteiger partial charge in [-0.15, -0.1) is 11.3 Å². The summed E-state index contributed by atoms with van der Waals surface area (Å²) in [5.41, 5.74) is 2.46. The molecule has 3 aromatic rings. The Morgan fingerprint density at radius 2 is 1.90 bits per heavy atom. The number of hydrogen-bond acceptors (Lipinski definition) is 7. The van der Waals surface area contributed by atoms with Gasteiger partial charge in [0.2, 0.25) is 6.79 Å². The summed E-state index contributed by atoms with van der Waals surface area (Å²) >= 11 is 1.78. The molecule has 0 amide bonds. The Morgan fingerprint density at radius 3 is 2.71 bits per heavy atom. The summed E-state index contributed by atoms with van der Waals surface area (Å²) in [5.74, 6) is 4.41. The van der Waals surface area contributed by atoms with Crippen LogP contribution in [0.25, 0.3) is 10.2 Å². The van der Waals surface area contributed by atoms with Gasteiger partial charge in [0.15, 0.2) is 11.5 Å². The minimum Gasteiger partial charge on any atom is -0.454 e. The van der Waals surface area contributed by atoms with Gasteiger partial charge in [-0.2, -0.15) is 0 Å². The van der Waals surface area contributed by atoms with Crippen molar-refractivity contribution in [1.29, 1.82) is 0 Å². The normalized spacial score (nSPS) is 16.9. The lowest BCUT2D eigenvalue weighted by atomic mass is 9.99. The van der Waals surface area contributed by atoms with Gasteiger partial charge in [0.05, 0.1) is 11.9 Å². The van der Waals surface area contributed by atoms with Gasteiger partial charge in [-0.05, 0) is 69.0 Å². The van der Waals surface area contributed by atoms with Crippen molar-refractivity contribution in [2.24, 2.45) is 5.92 Å². The maximum atomic E-state index is 5.56. The van der Waals surface area contributed by atoms with Crippen molar-refractivity contribution >= 4 is 27.4 Å². The highest BCUT2D eigenvalue weighted by molar-refractivity contribution is 7.18. The summed E-state index contributed by atoms with van der Waals surface area (Å²) in [6.07, 6.45) is 2.52. The van der Waals surface area contributed by atoms with Crippen molar-refractivity contribution in [2.45, 2.75) is 46.7 Å². The highest BCUT2D eigenvalue weighted by atomic mass is 32.1. The minimum absolute atomic E-state index is 0.299. The molecule has 0 spiro atoms. The third-order valence-corrected chi connectivity index (χ3v) is 7.62. The second-order valence-electron chi connectivity index (χ2n) is 8.93. The summed E-state index contributed by atoms with van der Waals surface area (Å²) in [5, 5.41) is 1.18. The highest BCUT2D eigenvalue weighted by Gasteiger charge is 2.21. The Morgan fingerprint density at radius 1 is 1.13 bits per heavy atom. The molecular formula is C24H30N4O2S. The number of aryl methyl sites for hydroxylation is 2. The van der Waals surface area contributed by atoms with E-state index in [-0.39, 0.29) is 0 Å². The van der Waals surface area contributed by atoms with E-state index in [0.717, 1.165) is 60.1 Å². The van der Waals surface area contributed by atoms with E-state index in [0.29, 0.717) is 6.79 Å². The SMILES string of the molecule is Cc1sc2nc(CN3CCC(C)CC3)nc(N(C)Cc3ccc4c(c3)OCO4)c2c1C. The average Bonchev–Trinajstić information content (AvgIpc) is 3.33. The van der Waals surface area contributed by atoms with Gasteiger partial charge in [-0.1, -0.05) is 13.0 Å². The van der Waals surface area contributed by atoms with Crippen LogP contribution in [-0.4, -0.2) is 41.8 Å². The van der Waals surface area contributed by atoms with E-state index in [1.165, 1.54) is 34.2 Å². The number of thiophene rings is 1. The molecule has 4 heterocycles. The Bertz CT molecular complexity index is 1100. The van der Waals surface area contributed by atoms with E-state index < -0.39 is 0 Å². The van der Waals surface area contributed by atoms with E-state index >= 15 is 0 Å². The minimum atomic E-state index is 0.299. The van der Waals surface area contributed by atoms with Crippen molar-refractivity contribution in [1.82, 2.24) is 14.9 Å². The number of ether oxygens (including phenoxy) is 2. The molecule has 1 saturated heterocycles. The molecule has 0 aliphatic carbocycles. The zero-order valence-electron chi connectivity index (χ0n) is 18.8. The maximum Gasteiger partial charge on any atom is 0.231 e. The molecule has 1 fully saturated rings. The van der Waals surface area contributed by atoms with Crippen LogP contribution < -0.4 is 14.4 Å². The van der Waals surface area contributed by atoms with Crippen LogP contribution >= 0.6 is 11.3 Å². The quantitative estimate of drug-likeness (QED) is 0.564. The largest absolute Gasteiger partial charge is 0.454 e. The average molecular weight is 439 g/mol. The van der Waals surface area contributed by atoms with Crippen LogP contribution in [0.15, 0.2) is 18.2 Å². The van der Waals surface area contributed by atoms with Crippen molar-refractivity contribution in [2.75, 3.05) is 31.8 Å². The van der Waals surface area contributed by atoms with Gasteiger partial charge in [0.25, 0.3) is 0 Å². The molecule has 2 aliphatic heterocycles. The first-order valence-electron chi connectivity index (χ1n) is 11.1. The molecule has 31 heavy (non-hydrogen) atoms. The first kappa shape index (κ1) is 20.5. The van der Waals surface area contributed by atoms with Gasteiger partial charge in [-0.25, -0.2) is 9.97 Å². The second-order valence-corrected chi connectivity index (χ2v) is 10.1. The fourth-order valence-electron chi connectivity index (χ4n) is 4.43. The fraction of sp³-hybridized carbons (Fsp3) is 0.500. The van der Waals surface area contributed by atoms with Gasteiger partial charge >= 0.3 is 0 Å². The number of nitrogens with zero attached hydrogens (tertiary/aromatic N) is 4. The zero-order valence-corrected chi connectivity index (χ0v) is 19.6. The van der Waals surface area contributed by atoms with Gasteiger partial charge in [0, 0.05) is 18.5 Å². The number of piperidine rings is 1. The first-order valence-corrected chi connectivity index (χ1v) is 11.9. The topological polar surface area (TPSA) is 50.7 Å². The van der Waals surface area contributed by atoms with Crippen LogP contribution in [-0.2, 0) is 13.1 Å². The smallest absolute Gasteiger partial charge is 0.231 e. The zero-order chi connectivity index (χ0) is 21.5. The van der Waals surface area contributed by atoms with Gasteiger partial charge < -0.3 is 14.4 Å². The number of benzene rings is 1. The van der Waals surface area contributed by atoms with Crippen LogP contribution in [0, 0.1) is 19.8 Å². The van der Waals surface area contributed by atoms with Crippen LogP contribution in [0.1, 0.15) is 41.6 Å². The van der Waals surface area contributed by atoms with E-state index in [2.05, 4.69) is 49.8 Å². The molecule has 7 heteroatoms. The van der Waals surface area contributed by atoms with Crippen molar-refractivity contribution in [3.05, 3.63) is 40.0 Å². The monoisotopic (exact) mass is 438 g/mol. The Labute approximate surface area is 187 Å². The van der Waals surface area contributed by atoms with Crippen molar-refractivity contribution in [3.8, 4) is 11.5 Å². The predicted octanol–water partition coefficient (Wildman–Crippen LogP) is 4.91. The van der Waals surface area contributed by atoms with Crippen LogP contribution in [0.2, 0.25) is 0 Å². The number of rotatable bonds is 5. The third-order valence-electron chi connectivity index (χ3n) is 6.52. The first-order chi connectivity index (χ1) is 15.0. The van der Waals surface area contributed by atoms with Gasteiger partial charge in [-0.3, -0.25) is 4.90 Å². The van der Waals surface area contributed by atoms with Crippen molar-refractivity contribution < 1.29 is 9.47 Å². The van der Waals surface area contributed by atoms with Gasteiger partial charge in [0.1, 0.15) is 16.5 Å². The fourth-order valence-corrected chi connectivity index (χ4v) is 5.47. The van der Waals surface area contributed by atoms with E-state index in [9.17, 15) is 0 Å². The molecule has 2 aromatic heterocycles. The molecule has 0 atom stereocenters. The Hall–Kier alpha value is -2.38. The number of hydrogen-bond donors (Lipinski definition) is 0. The number of fused-ring (bicyclic) bond motifs is 2. The number of anilines is 1. The molecule has 2 aliphatic rings. The number of likely N-dealkylation sites (tertiary alicyclic amines) is 1. The van der Waals surface area contributed by atoms with E-state index in [4.69, 9.17) is 19.4 Å². The molecule has 0 radical (unpaired) electrons. The standard InChI is InChI=1S/C24H30N4O2S/c1-15-7-9-28(10-8-15)13-21-25-23(22-16(2)17(3)31-24(22)26-21)27(4)12-18-5-6-19-20(11-18)30-14-29-19/h5-6,11,15H,7-10,12-14H2,1-4H3. The molecule has 5 rings (SSSR count). The number of aromatic nitrogens is 2. The summed E-state index contributed by atoms with van der Waals surface area (Å²) in [7, 11) is 2.12. The van der Waals surface area contributed by atoms with Crippen molar-refractivity contribution in [3.63, 3.8) is 0 Å². The lowest BCUT2D eigenvalue weighted by Gasteiger charge is -2.29. The van der Waals surface area contributed by atoms with Crippen LogP contribution in [0.3, 0.4) is 0 Å². The predicted molar refractivity (Wildman–Crippen MR) is 125 cm³/mol. The Balaban J connectivity index is 1.45. The summed E-state index contributed by atoms with van der Waals surface area (Å²) in [4.78, 5) is 17.2. The summed E-state index contributed by atoms with van der Waals surface area (Å²) in [6.45, 7) is 10.8. The molecule has 0 saturated carbocycles.